The van der Waals surface area contributed by atoms with E-state index < -0.39 is 0 Å². The van der Waals surface area contributed by atoms with Gasteiger partial charge in [0.05, 0.1) is 19.1 Å². The van der Waals surface area contributed by atoms with Crippen molar-refractivity contribution in [1.29, 1.82) is 0 Å². The van der Waals surface area contributed by atoms with Crippen LogP contribution in [0.25, 0.3) is 0 Å². The molecular formula is C24H34FN3O3. The van der Waals surface area contributed by atoms with Crippen LogP contribution in [0.2, 0.25) is 0 Å². The number of ether oxygens (including phenoxy) is 1. The molecule has 170 valence electrons. The highest BCUT2D eigenvalue weighted by Crippen LogP contribution is 2.37. The molecule has 0 radical (unpaired) electrons. The summed E-state index contributed by atoms with van der Waals surface area (Å²) in [6.07, 6.45) is 2.19. The van der Waals surface area contributed by atoms with Crippen molar-refractivity contribution < 1.29 is 18.4 Å². The predicted octanol–water partition coefficient (Wildman–Crippen LogP) is 5.02. The lowest BCUT2D eigenvalue weighted by molar-refractivity contribution is -0.144. The van der Waals surface area contributed by atoms with E-state index >= 15 is 0 Å². The quantitative estimate of drug-likeness (QED) is 0.574. The van der Waals surface area contributed by atoms with Gasteiger partial charge in [-0.25, -0.2) is 4.39 Å². The number of esters is 1. The fourth-order valence-electron chi connectivity index (χ4n) is 4.24. The molecule has 0 unspecified atom stereocenters. The van der Waals surface area contributed by atoms with Crippen molar-refractivity contribution in [3.8, 4) is 0 Å². The van der Waals surface area contributed by atoms with Crippen LogP contribution in [0.1, 0.15) is 83.1 Å². The van der Waals surface area contributed by atoms with E-state index in [4.69, 9.17) is 9.26 Å². The molecule has 6 nitrogen and oxygen atoms in total. The fourth-order valence-corrected chi connectivity index (χ4v) is 4.24. The van der Waals surface area contributed by atoms with Crippen LogP contribution in [-0.4, -0.2) is 40.7 Å². The lowest BCUT2D eigenvalue weighted by Crippen LogP contribution is -2.38. The summed E-state index contributed by atoms with van der Waals surface area (Å²) in [5, 5.41) is 4.15. The number of likely N-dealkylation sites (tertiary alicyclic amines) is 1. The van der Waals surface area contributed by atoms with Gasteiger partial charge in [-0.05, 0) is 69.3 Å². The Morgan fingerprint density at radius 3 is 2.45 bits per heavy atom. The average molecular weight is 432 g/mol. The molecule has 1 aliphatic heterocycles. The van der Waals surface area contributed by atoms with Crippen LogP contribution in [-0.2, 0) is 14.9 Å². The molecule has 1 aromatic heterocycles. The smallest absolute Gasteiger partial charge is 0.306 e. The molecule has 1 fully saturated rings. The van der Waals surface area contributed by atoms with Crippen molar-refractivity contribution in [2.45, 2.75) is 71.3 Å². The van der Waals surface area contributed by atoms with Gasteiger partial charge in [0.15, 0.2) is 5.82 Å². The number of carbonyl (C=O) groups excluding carboxylic acids is 1. The second-order valence-corrected chi connectivity index (χ2v) is 9.42. The molecular weight excluding hydrogens is 397 g/mol. The maximum Gasteiger partial charge on any atom is 0.306 e. The molecule has 0 spiro atoms. The van der Waals surface area contributed by atoms with Gasteiger partial charge in [-0.1, -0.05) is 38.1 Å². The number of piperidine rings is 1. The van der Waals surface area contributed by atoms with Gasteiger partial charge in [-0.2, -0.15) is 4.98 Å². The van der Waals surface area contributed by atoms with E-state index in [0.717, 1.165) is 37.3 Å². The van der Waals surface area contributed by atoms with Gasteiger partial charge in [0.2, 0.25) is 5.89 Å². The summed E-state index contributed by atoms with van der Waals surface area (Å²) in [6, 6.07) is 6.56. The van der Waals surface area contributed by atoms with E-state index in [1.54, 1.807) is 12.1 Å². The highest BCUT2D eigenvalue weighted by molar-refractivity contribution is 5.70. The number of nitrogens with zero attached hydrogens (tertiary/aromatic N) is 3. The fraction of sp³-hybridized carbons (Fsp3) is 0.625. The Morgan fingerprint density at radius 1 is 1.26 bits per heavy atom. The summed E-state index contributed by atoms with van der Waals surface area (Å²) < 4.78 is 24.2. The Labute approximate surface area is 184 Å². The molecule has 0 N–H and O–H groups in total. The second kappa shape index (κ2) is 9.90. The Kier molecular flexibility index (Phi) is 7.46. The van der Waals surface area contributed by atoms with Gasteiger partial charge in [-0.3, -0.25) is 9.69 Å². The largest absolute Gasteiger partial charge is 0.466 e. The molecule has 31 heavy (non-hydrogen) atoms. The first-order valence-electron chi connectivity index (χ1n) is 11.2. The molecule has 0 bridgehead atoms. The molecule has 0 aliphatic carbocycles. The summed E-state index contributed by atoms with van der Waals surface area (Å²) in [4.78, 5) is 19.2. The van der Waals surface area contributed by atoms with Crippen molar-refractivity contribution in [3.63, 3.8) is 0 Å². The third-order valence-corrected chi connectivity index (χ3v) is 6.15. The summed E-state index contributed by atoms with van der Waals surface area (Å²) >= 11 is 0. The minimum Gasteiger partial charge on any atom is -0.466 e. The van der Waals surface area contributed by atoms with Gasteiger partial charge in [0.25, 0.3) is 0 Å². The van der Waals surface area contributed by atoms with E-state index in [0.29, 0.717) is 24.8 Å². The van der Waals surface area contributed by atoms with Crippen LogP contribution in [0.15, 0.2) is 28.8 Å². The highest BCUT2D eigenvalue weighted by Gasteiger charge is 2.33. The van der Waals surface area contributed by atoms with E-state index in [-0.39, 0.29) is 29.2 Å². The predicted molar refractivity (Wildman–Crippen MR) is 116 cm³/mol. The number of hydrogen-bond acceptors (Lipinski definition) is 6. The van der Waals surface area contributed by atoms with Crippen LogP contribution < -0.4 is 0 Å². The highest BCUT2D eigenvalue weighted by atomic mass is 19.1. The molecule has 2 heterocycles. The molecule has 0 saturated carbocycles. The number of halogens is 1. The first-order valence-corrected chi connectivity index (χ1v) is 11.2. The number of hydrogen-bond donors (Lipinski definition) is 0. The normalized spacial score (nSPS) is 18.0. The van der Waals surface area contributed by atoms with Gasteiger partial charge in [0, 0.05) is 5.41 Å². The molecule has 3 rings (SSSR count). The van der Waals surface area contributed by atoms with Crippen LogP contribution in [0, 0.1) is 11.7 Å². The minimum absolute atomic E-state index is 0.0213. The number of carbonyl (C=O) groups is 1. The third kappa shape index (κ3) is 5.91. The van der Waals surface area contributed by atoms with Crippen LogP contribution in [0.5, 0.6) is 0 Å². The van der Waals surface area contributed by atoms with Crippen molar-refractivity contribution in [1.82, 2.24) is 15.0 Å². The van der Waals surface area contributed by atoms with Gasteiger partial charge < -0.3 is 9.26 Å². The molecule has 2 atom stereocenters. The lowest BCUT2D eigenvalue weighted by atomic mass is 9.78. The van der Waals surface area contributed by atoms with Crippen molar-refractivity contribution in [2.24, 2.45) is 5.92 Å². The Morgan fingerprint density at radius 2 is 1.90 bits per heavy atom. The van der Waals surface area contributed by atoms with E-state index in [1.165, 1.54) is 12.1 Å². The SMILES string of the molecule is CCOC(=O)C[C@@H](c1ccc(F)cc1)C1CCN([C@@H](C)c2nc(C(C)(C)C)no2)CC1. The molecule has 2 aromatic rings. The van der Waals surface area contributed by atoms with Crippen LogP contribution in [0.3, 0.4) is 0 Å². The van der Waals surface area contributed by atoms with Gasteiger partial charge in [-0.15, -0.1) is 0 Å². The zero-order valence-corrected chi connectivity index (χ0v) is 19.2. The lowest BCUT2D eigenvalue weighted by Gasteiger charge is -2.38. The van der Waals surface area contributed by atoms with Crippen molar-refractivity contribution in [2.75, 3.05) is 19.7 Å². The summed E-state index contributed by atoms with van der Waals surface area (Å²) in [6.45, 7) is 12.2. The minimum atomic E-state index is -0.267. The maximum absolute atomic E-state index is 13.4. The average Bonchev–Trinajstić information content (AvgIpc) is 3.24. The van der Waals surface area contributed by atoms with Crippen molar-refractivity contribution in [3.05, 3.63) is 47.4 Å². The van der Waals surface area contributed by atoms with Gasteiger partial charge >= 0.3 is 5.97 Å². The summed E-state index contributed by atoms with van der Waals surface area (Å²) in [5.41, 5.74) is 0.844. The molecule has 7 heteroatoms. The molecule has 1 saturated heterocycles. The summed E-state index contributed by atoms with van der Waals surface area (Å²) in [7, 11) is 0. The number of rotatable bonds is 7. The molecule has 1 aliphatic rings. The van der Waals surface area contributed by atoms with E-state index in [2.05, 4.69) is 42.7 Å². The first-order chi connectivity index (χ1) is 14.7. The maximum atomic E-state index is 13.4. The monoisotopic (exact) mass is 431 g/mol. The van der Waals surface area contributed by atoms with E-state index in [1.807, 2.05) is 6.92 Å². The summed E-state index contributed by atoms with van der Waals surface area (Å²) in [5.74, 6) is 1.24. The number of benzene rings is 1. The second-order valence-electron chi connectivity index (χ2n) is 9.42. The van der Waals surface area contributed by atoms with Crippen molar-refractivity contribution >= 4 is 5.97 Å². The topological polar surface area (TPSA) is 68.5 Å². The molecule has 1 aromatic carbocycles. The zero-order valence-electron chi connectivity index (χ0n) is 19.2. The standard InChI is InChI=1S/C24H34FN3O3/c1-6-30-21(29)15-20(17-7-9-19(25)10-8-17)18-11-13-28(14-12-18)16(2)22-26-23(27-31-22)24(3,4)5/h7-10,16,18,20H,6,11-15H2,1-5H3/t16-,20-/m0/s1. The van der Waals surface area contributed by atoms with E-state index in [9.17, 15) is 9.18 Å². The van der Waals surface area contributed by atoms with Crippen LogP contribution in [0.4, 0.5) is 4.39 Å². The third-order valence-electron chi connectivity index (χ3n) is 6.15. The number of aromatic nitrogens is 2. The first kappa shape index (κ1) is 23.4. The zero-order chi connectivity index (χ0) is 22.6. The Hall–Kier alpha value is -2.28. The Balaban J connectivity index is 1.67. The molecule has 0 amide bonds. The van der Waals surface area contributed by atoms with Gasteiger partial charge in [0.1, 0.15) is 5.82 Å². The van der Waals surface area contributed by atoms with Crippen LogP contribution >= 0.6 is 0 Å². The Bertz CT molecular complexity index is 852.